The van der Waals surface area contributed by atoms with E-state index in [1.807, 2.05) is 24.1 Å². The van der Waals surface area contributed by atoms with Gasteiger partial charge in [0.2, 0.25) is 0 Å². The normalized spacial score (nSPS) is 12.2. The summed E-state index contributed by atoms with van der Waals surface area (Å²) in [7, 11) is 1.83. The largest absolute Gasteiger partial charge is 0.389 e. The van der Waals surface area contributed by atoms with E-state index in [0.717, 1.165) is 5.56 Å². The Hall–Kier alpha value is -1.94. The van der Waals surface area contributed by atoms with Crippen molar-refractivity contribution in [2.75, 3.05) is 11.9 Å². The minimum absolute atomic E-state index is 0.329. The summed E-state index contributed by atoms with van der Waals surface area (Å²) < 4.78 is 14.0. The number of aliphatic hydroxyl groups is 1. The highest BCUT2D eigenvalue weighted by atomic mass is 19.1. The Bertz CT molecular complexity index is 543. The van der Waals surface area contributed by atoms with Gasteiger partial charge < -0.3 is 10.0 Å². The molecule has 0 amide bonds. The molecule has 3 nitrogen and oxygen atoms in total. The fourth-order valence-electron chi connectivity index (χ4n) is 1.94. The van der Waals surface area contributed by atoms with Crippen molar-refractivity contribution < 1.29 is 9.50 Å². The molecule has 0 radical (unpaired) electrons. The van der Waals surface area contributed by atoms with Crippen LogP contribution >= 0.6 is 0 Å². The van der Waals surface area contributed by atoms with E-state index in [1.165, 1.54) is 6.07 Å². The monoisotopic (exact) mass is 260 g/mol. The van der Waals surface area contributed by atoms with E-state index in [9.17, 15) is 9.50 Å². The Morgan fingerprint density at radius 3 is 2.74 bits per heavy atom. The predicted molar refractivity (Wildman–Crippen MR) is 73.4 cm³/mol. The quantitative estimate of drug-likeness (QED) is 0.918. The Kier molecular flexibility index (Phi) is 4.12. The van der Waals surface area contributed by atoms with Crippen molar-refractivity contribution in [3.05, 3.63) is 59.7 Å². The van der Waals surface area contributed by atoms with Crippen LogP contribution in [0.2, 0.25) is 0 Å². The minimum Gasteiger partial charge on any atom is -0.389 e. The van der Waals surface area contributed by atoms with Crippen molar-refractivity contribution in [1.82, 2.24) is 4.98 Å². The summed E-state index contributed by atoms with van der Waals surface area (Å²) in [5, 5.41) is 9.42. The average Bonchev–Trinajstić information content (AvgIpc) is 2.39. The van der Waals surface area contributed by atoms with Crippen LogP contribution in [0.25, 0.3) is 0 Å². The highest BCUT2D eigenvalue weighted by Gasteiger charge is 2.10. The van der Waals surface area contributed by atoms with Crippen LogP contribution in [0.1, 0.15) is 24.2 Å². The summed E-state index contributed by atoms with van der Waals surface area (Å²) in [4.78, 5) is 5.86. The lowest BCUT2D eigenvalue weighted by atomic mass is 10.1. The van der Waals surface area contributed by atoms with Crippen LogP contribution in [-0.2, 0) is 6.54 Å². The van der Waals surface area contributed by atoms with Gasteiger partial charge in [-0.2, -0.15) is 0 Å². The van der Waals surface area contributed by atoms with Gasteiger partial charge in [-0.1, -0.05) is 12.1 Å². The molecule has 0 saturated heterocycles. The van der Waals surface area contributed by atoms with Crippen LogP contribution in [0.5, 0.6) is 0 Å². The van der Waals surface area contributed by atoms with E-state index in [1.54, 1.807) is 31.5 Å². The Morgan fingerprint density at radius 1 is 1.37 bits per heavy atom. The van der Waals surface area contributed by atoms with Crippen LogP contribution in [0.3, 0.4) is 0 Å². The van der Waals surface area contributed by atoms with E-state index in [4.69, 9.17) is 0 Å². The lowest BCUT2D eigenvalue weighted by Gasteiger charge is -2.20. The number of halogens is 1. The SMILES string of the molecule is C[C@@H](O)c1ccc(N(C)Cc2cccnc2)c(F)c1. The van der Waals surface area contributed by atoms with Crippen LogP contribution in [0.4, 0.5) is 10.1 Å². The molecular weight excluding hydrogens is 243 g/mol. The molecule has 2 aromatic rings. The second kappa shape index (κ2) is 5.80. The molecule has 0 bridgehead atoms. The molecular formula is C15H17FN2O. The van der Waals surface area contributed by atoms with E-state index in [-0.39, 0.29) is 5.82 Å². The molecule has 0 aliphatic rings. The zero-order valence-corrected chi connectivity index (χ0v) is 11.0. The van der Waals surface area contributed by atoms with E-state index in [0.29, 0.717) is 17.8 Å². The Labute approximate surface area is 112 Å². The molecule has 0 aliphatic heterocycles. The predicted octanol–water partition coefficient (Wildman–Crippen LogP) is 2.91. The van der Waals surface area contributed by atoms with Gasteiger partial charge in [0.15, 0.2) is 0 Å². The Balaban J connectivity index is 2.17. The number of nitrogens with zero attached hydrogens (tertiary/aromatic N) is 2. The molecule has 4 heteroatoms. The number of rotatable bonds is 4. The van der Waals surface area contributed by atoms with Crippen LogP contribution in [-0.4, -0.2) is 17.1 Å². The standard InChI is InChI=1S/C15H17FN2O/c1-11(19)13-5-6-15(14(16)8-13)18(2)10-12-4-3-7-17-9-12/h3-9,11,19H,10H2,1-2H3/t11-/m1/s1. The summed E-state index contributed by atoms with van der Waals surface area (Å²) in [6.45, 7) is 2.20. The lowest BCUT2D eigenvalue weighted by molar-refractivity contribution is 0.199. The highest BCUT2D eigenvalue weighted by molar-refractivity contribution is 5.49. The van der Waals surface area contributed by atoms with Crippen LogP contribution < -0.4 is 4.90 Å². The number of aromatic nitrogens is 1. The summed E-state index contributed by atoms with van der Waals surface area (Å²) >= 11 is 0. The van der Waals surface area contributed by atoms with Crippen molar-refractivity contribution in [3.8, 4) is 0 Å². The van der Waals surface area contributed by atoms with Gasteiger partial charge in [0, 0.05) is 26.0 Å². The van der Waals surface area contributed by atoms with E-state index < -0.39 is 6.10 Å². The number of benzene rings is 1. The molecule has 0 spiro atoms. The van der Waals surface area contributed by atoms with Crippen molar-refractivity contribution in [2.24, 2.45) is 0 Å². The fourth-order valence-corrected chi connectivity index (χ4v) is 1.94. The van der Waals surface area contributed by atoms with Gasteiger partial charge in [0.1, 0.15) is 5.82 Å². The smallest absolute Gasteiger partial charge is 0.146 e. The number of pyridine rings is 1. The maximum atomic E-state index is 14.0. The molecule has 19 heavy (non-hydrogen) atoms. The molecule has 2 rings (SSSR count). The summed E-state index contributed by atoms with van der Waals surface area (Å²) in [6, 6.07) is 8.61. The molecule has 0 saturated carbocycles. The van der Waals surface area contributed by atoms with Gasteiger partial charge in [0.05, 0.1) is 11.8 Å². The molecule has 1 aromatic carbocycles. The topological polar surface area (TPSA) is 36.4 Å². The highest BCUT2D eigenvalue weighted by Crippen LogP contribution is 2.23. The Morgan fingerprint density at radius 2 is 2.16 bits per heavy atom. The second-order valence-electron chi connectivity index (χ2n) is 4.60. The van der Waals surface area contributed by atoms with Gasteiger partial charge in [-0.25, -0.2) is 4.39 Å². The maximum absolute atomic E-state index is 14.0. The van der Waals surface area contributed by atoms with Gasteiger partial charge in [-0.05, 0) is 36.2 Å². The van der Waals surface area contributed by atoms with Crippen molar-refractivity contribution in [2.45, 2.75) is 19.6 Å². The molecule has 0 unspecified atom stereocenters. The first-order valence-electron chi connectivity index (χ1n) is 6.15. The summed E-state index contributed by atoms with van der Waals surface area (Å²) in [5.74, 6) is -0.329. The number of hydrogen-bond acceptors (Lipinski definition) is 3. The average molecular weight is 260 g/mol. The fraction of sp³-hybridized carbons (Fsp3) is 0.267. The zero-order chi connectivity index (χ0) is 13.8. The van der Waals surface area contributed by atoms with E-state index >= 15 is 0 Å². The molecule has 1 heterocycles. The van der Waals surface area contributed by atoms with Crippen molar-refractivity contribution in [1.29, 1.82) is 0 Å². The molecule has 100 valence electrons. The number of hydrogen-bond donors (Lipinski definition) is 1. The molecule has 0 fully saturated rings. The first kappa shape index (κ1) is 13.5. The zero-order valence-electron chi connectivity index (χ0n) is 11.0. The molecule has 1 atom stereocenters. The van der Waals surface area contributed by atoms with Crippen LogP contribution in [0, 0.1) is 5.82 Å². The minimum atomic E-state index is -0.660. The third kappa shape index (κ3) is 3.29. The summed E-state index contributed by atoms with van der Waals surface area (Å²) in [6.07, 6.45) is 2.81. The van der Waals surface area contributed by atoms with Gasteiger partial charge in [-0.3, -0.25) is 4.98 Å². The molecule has 1 N–H and O–H groups in total. The maximum Gasteiger partial charge on any atom is 0.146 e. The third-order valence-corrected chi connectivity index (χ3v) is 3.01. The lowest BCUT2D eigenvalue weighted by Crippen LogP contribution is -2.18. The molecule has 1 aromatic heterocycles. The number of anilines is 1. The first-order valence-corrected chi connectivity index (χ1v) is 6.15. The van der Waals surface area contributed by atoms with Crippen LogP contribution in [0.15, 0.2) is 42.7 Å². The van der Waals surface area contributed by atoms with Gasteiger partial charge in [-0.15, -0.1) is 0 Å². The van der Waals surface area contributed by atoms with Crippen molar-refractivity contribution >= 4 is 5.69 Å². The summed E-state index contributed by atoms with van der Waals surface area (Å²) in [5.41, 5.74) is 2.10. The van der Waals surface area contributed by atoms with Crippen molar-refractivity contribution in [3.63, 3.8) is 0 Å². The van der Waals surface area contributed by atoms with Gasteiger partial charge >= 0.3 is 0 Å². The second-order valence-corrected chi connectivity index (χ2v) is 4.60. The molecule has 0 aliphatic carbocycles. The first-order chi connectivity index (χ1) is 9.08. The van der Waals surface area contributed by atoms with Gasteiger partial charge in [0.25, 0.3) is 0 Å². The third-order valence-electron chi connectivity index (χ3n) is 3.01. The van der Waals surface area contributed by atoms with E-state index in [2.05, 4.69) is 4.98 Å². The number of aliphatic hydroxyl groups excluding tert-OH is 1.